The van der Waals surface area contributed by atoms with Crippen LogP contribution in [0.3, 0.4) is 0 Å². The zero-order chi connectivity index (χ0) is 11.8. The zero-order valence-electron chi connectivity index (χ0n) is 9.60. The van der Waals surface area contributed by atoms with Crippen LogP contribution in [-0.2, 0) is 0 Å². The van der Waals surface area contributed by atoms with E-state index in [-0.39, 0.29) is 5.56 Å². The highest BCUT2D eigenvalue weighted by molar-refractivity contribution is 5.50. The van der Waals surface area contributed by atoms with Gasteiger partial charge in [-0.15, -0.1) is 0 Å². The molecule has 1 saturated carbocycles. The Morgan fingerprint density at radius 3 is 2.88 bits per heavy atom. The van der Waals surface area contributed by atoms with Crippen molar-refractivity contribution < 1.29 is 0 Å². The molecule has 3 rings (SSSR count). The Hall–Kier alpha value is -1.97. The number of nitrogens with one attached hydrogen (secondary N) is 1. The average molecular weight is 227 g/mol. The van der Waals surface area contributed by atoms with Crippen LogP contribution in [0.1, 0.15) is 30.0 Å². The first-order valence-electron chi connectivity index (χ1n) is 5.77. The summed E-state index contributed by atoms with van der Waals surface area (Å²) in [7, 11) is 0. The quantitative estimate of drug-likeness (QED) is 0.853. The topological polar surface area (TPSA) is 58.6 Å². The number of rotatable bonds is 2. The van der Waals surface area contributed by atoms with Gasteiger partial charge in [0.25, 0.3) is 5.56 Å². The molecule has 0 atom stereocenters. The maximum atomic E-state index is 11.6. The van der Waals surface area contributed by atoms with Crippen molar-refractivity contribution in [2.75, 3.05) is 0 Å². The summed E-state index contributed by atoms with van der Waals surface area (Å²) >= 11 is 0. The first-order valence-corrected chi connectivity index (χ1v) is 5.77. The van der Waals surface area contributed by atoms with Crippen molar-refractivity contribution >= 4 is 0 Å². The molecule has 1 aliphatic rings. The third kappa shape index (κ3) is 2.11. The fraction of sp³-hybridized carbons (Fsp3) is 0.308. The summed E-state index contributed by atoms with van der Waals surface area (Å²) in [5, 5.41) is 0. The van der Waals surface area contributed by atoms with Gasteiger partial charge in [-0.2, -0.15) is 0 Å². The lowest BCUT2D eigenvalue weighted by Crippen LogP contribution is -2.10. The second-order valence-electron chi connectivity index (χ2n) is 4.51. The maximum absolute atomic E-state index is 11.6. The van der Waals surface area contributed by atoms with Gasteiger partial charge < -0.3 is 4.98 Å². The van der Waals surface area contributed by atoms with E-state index in [2.05, 4.69) is 15.0 Å². The molecule has 0 radical (unpaired) electrons. The van der Waals surface area contributed by atoms with Crippen molar-refractivity contribution in [1.82, 2.24) is 15.0 Å². The highest BCUT2D eigenvalue weighted by Crippen LogP contribution is 2.38. The smallest absolute Gasteiger partial charge is 0.251 e. The van der Waals surface area contributed by atoms with Crippen LogP contribution >= 0.6 is 0 Å². The van der Waals surface area contributed by atoms with Crippen molar-refractivity contribution in [3.63, 3.8) is 0 Å². The number of aryl methyl sites for hydroxylation is 1. The van der Waals surface area contributed by atoms with Gasteiger partial charge in [0.05, 0.1) is 5.69 Å². The molecule has 0 aliphatic heterocycles. The second kappa shape index (κ2) is 3.80. The number of hydrogen-bond acceptors (Lipinski definition) is 3. The van der Waals surface area contributed by atoms with Crippen LogP contribution in [0.2, 0.25) is 0 Å². The van der Waals surface area contributed by atoms with Crippen LogP contribution in [0, 0.1) is 6.92 Å². The lowest BCUT2D eigenvalue weighted by molar-refractivity contribution is 0.969. The van der Waals surface area contributed by atoms with Gasteiger partial charge in [0.1, 0.15) is 5.69 Å². The standard InChI is InChI=1S/C13H13N3O/c1-8-4-5-14-11(6-8)13-15-10(9-2-3-9)7-12(17)16-13/h4-7,9H,2-3H2,1H3,(H,15,16,17). The Balaban J connectivity index is 2.10. The lowest BCUT2D eigenvalue weighted by atomic mass is 10.2. The van der Waals surface area contributed by atoms with E-state index < -0.39 is 0 Å². The van der Waals surface area contributed by atoms with E-state index in [1.54, 1.807) is 12.3 Å². The molecule has 0 amide bonds. The molecule has 0 unspecified atom stereocenters. The molecule has 4 nitrogen and oxygen atoms in total. The monoisotopic (exact) mass is 227 g/mol. The molecule has 2 heterocycles. The summed E-state index contributed by atoms with van der Waals surface area (Å²) < 4.78 is 0. The van der Waals surface area contributed by atoms with Crippen LogP contribution in [0.15, 0.2) is 29.2 Å². The molecule has 1 aliphatic carbocycles. The van der Waals surface area contributed by atoms with Gasteiger partial charge in [0.15, 0.2) is 5.82 Å². The molecule has 0 aromatic carbocycles. The Morgan fingerprint density at radius 1 is 1.35 bits per heavy atom. The molecular weight excluding hydrogens is 214 g/mol. The number of pyridine rings is 1. The Morgan fingerprint density at radius 2 is 2.18 bits per heavy atom. The number of aromatic amines is 1. The molecule has 17 heavy (non-hydrogen) atoms. The summed E-state index contributed by atoms with van der Waals surface area (Å²) in [6.45, 7) is 1.99. The Bertz CT molecular complexity index is 614. The van der Waals surface area contributed by atoms with Crippen molar-refractivity contribution in [3.05, 3.63) is 46.0 Å². The lowest BCUT2D eigenvalue weighted by Gasteiger charge is -2.03. The van der Waals surface area contributed by atoms with Gasteiger partial charge in [0.2, 0.25) is 0 Å². The molecule has 0 spiro atoms. The Labute approximate surface area is 98.8 Å². The van der Waals surface area contributed by atoms with Gasteiger partial charge in [0, 0.05) is 18.2 Å². The van der Waals surface area contributed by atoms with Gasteiger partial charge in [-0.25, -0.2) is 4.98 Å². The first kappa shape index (κ1) is 10.2. The SMILES string of the molecule is Cc1ccnc(-c2nc(C3CC3)cc(=O)[nH]2)c1. The van der Waals surface area contributed by atoms with Crippen LogP contribution < -0.4 is 5.56 Å². The third-order valence-corrected chi connectivity index (χ3v) is 2.92. The number of hydrogen-bond donors (Lipinski definition) is 1. The number of aromatic nitrogens is 3. The molecule has 2 aromatic heterocycles. The van der Waals surface area contributed by atoms with E-state index in [9.17, 15) is 4.79 Å². The van der Waals surface area contributed by atoms with Crippen molar-refractivity contribution in [3.8, 4) is 11.5 Å². The number of nitrogens with zero attached hydrogens (tertiary/aromatic N) is 2. The predicted molar refractivity (Wildman–Crippen MR) is 64.8 cm³/mol. The molecule has 0 bridgehead atoms. The molecule has 1 fully saturated rings. The van der Waals surface area contributed by atoms with E-state index in [1.807, 2.05) is 19.1 Å². The molecule has 0 saturated heterocycles. The highest BCUT2D eigenvalue weighted by Gasteiger charge is 2.26. The van der Waals surface area contributed by atoms with E-state index in [1.165, 1.54) is 0 Å². The van der Waals surface area contributed by atoms with E-state index in [0.29, 0.717) is 11.7 Å². The normalized spacial score (nSPS) is 14.9. The number of H-pyrrole nitrogens is 1. The average Bonchev–Trinajstić information content (AvgIpc) is 3.12. The molecule has 86 valence electrons. The summed E-state index contributed by atoms with van der Waals surface area (Å²) in [5.74, 6) is 1.05. The van der Waals surface area contributed by atoms with Crippen LogP contribution in [-0.4, -0.2) is 15.0 Å². The van der Waals surface area contributed by atoms with E-state index in [4.69, 9.17) is 0 Å². The molecule has 4 heteroatoms. The summed E-state index contributed by atoms with van der Waals surface area (Å²) in [4.78, 5) is 23.1. The van der Waals surface area contributed by atoms with E-state index >= 15 is 0 Å². The van der Waals surface area contributed by atoms with Crippen molar-refractivity contribution in [1.29, 1.82) is 0 Å². The first-order chi connectivity index (χ1) is 8.22. The largest absolute Gasteiger partial charge is 0.305 e. The maximum Gasteiger partial charge on any atom is 0.251 e. The molecule has 1 N–H and O–H groups in total. The minimum atomic E-state index is -0.0970. The van der Waals surface area contributed by atoms with Gasteiger partial charge >= 0.3 is 0 Å². The predicted octanol–water partition coefficient (Wildman–Crippen LogP) is 2.02. The molecular formula is C13H13N3O. The van der Waals surface area contributed by atoms with Gasteiger partial charge in [-0.3, -0.25) is 9.78 Å². The fourth-order valence-electron chi connectivity index (χ4n) is 1.85. The van der Waals surface area contributed by atoms with E-state index in [0.717, 1.165) is 29.8 Å². The van der Waals surface area contributed by atoms with Crippen LogP contribution in [0.25, 0.3) is 11.5 Å². The van der Waals surface area contributed by atoms with Crippen molar-refractivity contribution in [2.45, 2.75) is 25.7 Å². The summed E-state index contributed by atoms with van der Waals surface area (Å²) in [6.07, 6.45) is 4.00. The molecule has 2 aromatic rings. The third-order valence-electron chi connectivity index (χ3n) is 2.92. The zero-order valence-corrected chi connectivity index (χ0v) is 9.60. The van der Waals surface area contributed by atoms with Crippen LogP contribution in [0.5, 0.6) is 0 Å². The minimum absolute atomic E-state index is 0.0970. The second-order valence-corrected chi connectivity index (χ2v) is 4.51. The summed E-state index contributed by atoms with van der Waals surface area (Å²) in [5.41, 5.74) is 2.63. The summed E-state index contributed by atoms with van der Waals surface area (Å²) in [6, 6.07) is 5.44. The van der Waals surface area contributed by atoms with Crippen LogP contribution in [0.4, 0.5) is 0 Å². The van der Waals surface area contributed by atoms with Crippen molar-refractivity contribution in [2.24, 2.45) is 0 Å². The Kier molecular flexibility index (Phi) is 2.28. The van der Waals surface area contributed by atoms with Gasteiger partial charge in [-0.05, 0) is 37.5 Å². The minimum Gasteiger partial charge on any atom is -0.305 e. The van der Waals surface area contributed by atoms with Gasteiger partial charge in [-0.1, -0.05) is 0 Å². The fourth-order valence-corrected chi connectivity index (χ4v) is 1.85. The highest BCUT2D eigenvalue weighted by atomic mass is 16.1.